The summed E-state index contributed by atoms with van der Waals surface area (Å²) < 4.78 is 0. The molecule has 0 radical (unpaired) electrons. The van der Waals surface area contributed by atoms with Crippen molar-refractivity contribution in [3.05, 3.63) is 65.2 Å². The van der Waals surface area contributed by atoms with Gasteiger partial charge in [-0.1, -0.05) is 35.9 Å². The molecule has 0 saturated carbocycles. The number of hydrogen-bond acceptors (Lipinski definition) is 4. The number of anilines is 1. The van der Waals surface area contributed by atoms with Crippen LogP contribution in [0.3, 0.4) is 0 Å². The number of fused-ring (bicyclic) bond motifs is 2. The van der Waals surface area contributed by atoms with Gasteiger partial charge in [-0.2, -0.15) is 5.10 Å². The molecule has 0 aliphatic carbocycles. The van der Waals surface area contributed by atoms with E-state index in [1.165, 1.54) is 0 Å². The third kappa shape index (κ3) is 1.67. The van der Waals surface area contributed by atoms with E-state index in [4.69, 9.17) is 0 Å². The molecule has 1 N–H and O–H groups in total. The number of aliphatic hydroxyl groups is 1. The number of aryl methyl sites for hydroxylation is 1. The van der Waals surface area contributed by atoms with Gasteiger partial charge in [-0.05, 0) is 32.0 Å². The van der Waals surface area contributed by atoms with Gasteiger partial charge in [0.05, 0.1) is 11.4 Å². The van der Waals surface area contributed by atoms with Crippen LogP contribution in [0.1, 0.15) is 28.4 Å². The molecule has 2 heterocycles. The van der Waals surface area contributed by atoms with Crippen molar-refractivity contribution in [3.63, 3.8) is 0 Å². The van der Waals surface area contributed by atoms with Gasteiger partial charge in [0.15, 0.2) is 5.66 Å². The highest BCUT2D eigenvalue weighted by Crippen LogP contribution is 2.48. The second-order valence-electron chi connectivity index (χ2n) is 6.43. The highest BCUT2D eigenvalue weighted by molar-refractivity contribution is 6.04. The van der Waals surface area contributed by atoms with Gasteiger partial charge in [-0.25, -0.2) is 5.01 Å². The molecule has 2 aliphatic rings. The molecule has 2 aromatic carbocycles. The van der Waals surface area contributed by atoms with Crippen LogP contribution in [0.5, 0.6) is 0 Å². The summed E-state index contributed by atoms with van der Waals surface area (Å²) in [7, 11) is 1.72. The van der Waals surface area contributed by atoms with Crippen LogP contribution in [0.4, 0.5) is 5.69 Å². The number of carbonyl (C=O) groups is 1. The Morgan fingerprint density at radius 2 is 1.75 bits per heavy atom. The van der Waals surface area contributed by atoms with E-state index < -0.39 is 11.8 Å². The number of rotatable bonds is 1. The first-order valence-corrected chi connectivity index (χ1v) is 7.95. The highest BCUT2D eigenvalue weighted by Gasteiger charge is 2.60. The number of nitrogens with zero attached hydrogens (tertiary/aromatic N) is 3. The number of carbonyl (C=O) groups excluding carboxylic acids is 1. The van der Waals surface area contributed by atoms with E-state index in [-0.39, 0.29) is 5.91 Å². The molecule has 0 bridgehead atoms. The van der Waals surface area contributed by atoms with E-state index in [1.54, 1.807) is 29.9 Å². The smallest absolute Gasteiger partial charge is 0.256 e. The van der Waals surface area contributed by atoms with Crippen LogP contribution >= 0.6 is 0 Å². The lowest BCUT2D eigenvalue weighted by Gasteiger charge is -2.42. The van der Waals surface area contributed by atoms with Crippen molar-refractivity contribution in [2.75, 3.05) is 12.1 Å². The van der Waals surface area contributed by atoms with Crippen LogP contribution < -0.4 is 5.01 Å². The summed E-state index contributed by atoms with van der Waals surface area (Å²) in [6.07, 6.45) is -0.892. The Morgan fingerprint density at radius 1 is 1.08 bits per heavy atom. The topological polar surface area (TPSA) is 56.1 Å². The number of hydrogen-bond donors (Lipinski definition) is 1. The zero-order valence-corrected chi connectivity index (χ0v) is 13.9. The van der Waals surface area contributed by atoms with E-state index in [2.05, 4.69) is 5.10 Å². The molecule has 5 heteroatoms. The van der Waals surface area contributed by atoms with Gasteiger partial charge >= 0.3 is 0 Å². The lowest BCUT2D eigenvalue weighted by molar-refractivity contribution is 0.0295. The molecule has 122 valence electrons. The molecule has 5 nitrogen and oxygen atoms in total. The van der Waals surface area contributed by atoms with Gasteiger partial charge in [0.1, 0.15) is 6.10 Å². The van der Waals surface area contributed by atoms with E-state index >= 15 is 0 Å². The van der Waals surface area contributed by atoms with E-state index in [1.807, 2.05) is 49.4 Å². The minimum atomic E-state index is -1.03. The standard InChI is InChI=1S/C19H19N3O2/c1-12-8-10-14(11-9-12)22-19(17(23)13(2)20-22)16-7-5-4-6-15(16)18(24)21(19)3/h4-11,17,23H,1-3H3/t17-,19+/m1/s1. The molecular formula is C19H19N3O2. The zero-order valence-electron chi connectivity index (χ0n) is 13.9. The average Bonchev–Trinajstić information content (AvgIpc) is 2.98. The highest BCUT2D eigenvalue weighted by atomic mass is 16.3. The molecule has 4 rings (SSSR count). The number of likely N-dealkylation sites (N-methyl/N-ethyl adjacent to an activating group) is 1. The molecule has 24 heavy (non-hydrogen) atoms. The van der Waals surface area contributed by atoms with Crippen LogP contribution in [0.25, 0.3) is 0 Å². The predicted octanol–water partition coefficient (Wildman–Crippen LogP) is 2.49. The number of aliphatic hydroxyl groups excluding tert-OH is 1. The van der Waals surface area contributed by atoms with Gasteiger partial charge in [-0.15, -0.1) is 0 Å². The van der Waals surface area contributed by atoms with Gasteiger partial charge in [0.2, 0.25) is 0 Å². The molecule has 0 fully saturated rings. The summed E-state index contributed by atoms with van der Waals surface area (Å²) in [4.78, 5) is 14.4. The fourth-order valence-corrected chi connectivity index (χ4v) is 3.73. The Morgan fingerprint density at radius 3 is 2.46 bits per heavy atom. The molecule has 2 atom stereocenters. The quantitative estimate of drug-likeness (QED) is 0.878. The molecule has 0 aromatic heterocycles. The first-order chi connectivity index (χ1) is 11.5. The largest absolute Gasteiger partial charge is 0.382 e. The van der Waals surface area contributed by atoms with Crippen LogP contribution in [-0.4, -0.2) is 34.8 Å². The Hall–Kier alpha value is -2.66. The second-order valence-corrected chi connectivity index (χ2v) is 6.43. The Kier molecular flexibility index (Phi) is 3.05. The zero-order chi connectivity index (χ0) is 17.1. The number of benzene rings is 2. The fourth-order valence-electron chi connectivity index (χ4n) is 3.73. The summed E-state index contributed by atoms with van der Waals surface area (Å²) in [5.41, 5.74) is 2.93. The minimum Gasteiger partial charge on any atom is -0.382 e. The van der Waals surface area contributed by atoms with Crippen LogP contribution in [0.15, 0.2) is 53.6 Å². The van der Waals surface area contributed by atoms with Crippen LogP contribution in [-0.2, 0) is 5.66 Å². The van der Waals surface area contributed by atoms with Crippen molar-refractivity contribution in [2.24, 2.45) is 5.10 Å². The third-order valence-corrected chi connectivity index (χ3v) is 5.01. The van der Waals surface area contributed by atoms with Crippen LogP contribution in [0.2, 0.25) is 0 Å². The van der Waals surface area contributed by atoms with Gasteiger partial charge in [0.25, 0.3) is 5.91 Å². The minimum absolute atomic E-state index is 0.105. The van der Waals surface area contributed by atoms with E-state index in [9.17, 15) is 9.90 Å². The first-order valence-electron chi connectivity index (χ1n) is 7.95. The second kappa shape index (κ2) is 4.92. The average molecular weight is 321 g/mol. The van der Waals surface area contributed by atoms with Crippen molar-refractivity contribution in [1.29, 1.82) is 0 Å². The van der Waals surface area contributed by atoms with Crippen molar-refractivity contribution in [3.8, 4) is 0 Å². The van der Waals surface area contributed by atoms with Crippen molar-refractivity contribution in [2.45, 2.75) is 25.6 Å². The maximum atomic E-state index is 12.8. The Labute approximate surface area is 140 Å². The third-order valence-electron chi connectivity index (χ3n) is 5.01. The predicted molar refractivity (Wildman–Crippen MR) is 93.0 cm³/mol. The van der Waals surface area contributed by atoms with E-state index in [0.29, 0.717) is 11.3 Å². The van der Waals surface area contributed by atoms with Crippen LogP contribution in [0, 0.1) is 6.92 Å². The summed E-state index contributed by atoms with van der Waals surface area (Å²) in [6, 6.07) is 15.4. The fraction of sp³-hybridized carbons (Fsp3) is 0.263. The Bertz CT molecular complexity index is 859. The summed E-state index contributed by atoms with van der Waals surface area (Å²) in [5, 5.41) is 17.4. The van der Waals surface area contributed by atoms with E-state index in [0.717, 1.165) is 16.8 Å². The summed E-state index contributed by atoms with van der Waals surface area (Å²) >= 11 is 0. The van der Waals surface area contributed by atoms with Gasteiger partial charge < -0.3 is 10.0 Å². The summed E-state index contributed by atoms with van der Waals surface area (Å²) in [6.45, 7) is 3.81. The number of amides is 1. The SMILES string of the molecule is CC1=NN(c2ccc(C)cc2)[C@@]2(c3ccccc3C(=O)N2C)[C@@H]1O. The lowest BCUT2D eigenvalue weighted by atomic mass is 9.90. The first kappa shape index (κ1) is 14.9. The molecule has 0 unspecified atom stereocenters. The number of hydrazone groups is 1. The lowest BCUT2D eigenvalue weighted by Crippen LogP contribution is -2.58. The molecule has 0 saturated heterocycles. The van der Waals surface area contributed by atoms with Crippen molar-refractivity contribution in [1.82, 2.24) is 4.90 Å². The van der Waals surface area contributed by atoms with Crippen molar-refractivity contribution < 1.29 is 9.90 Å². The molecule has 1 spiro atoms. The summed E-state index contributed by atoms with van der Waals surface area (Å²) in [5.74, 6) is -0.105. The molecule has 2 aliphatic heterocycles. The normalized spacial score (nSPS) is 25.4. The Balaban J connectivity index is 1.97. The van der Waals surface area contributed by atoms with Crippen molar-refractivity contribution >= 4 is 17.3 Å². The molecular weight excluding hydrogens is 302 g/mol. The molecule has 2 aromatic rings. The molecule has 1 amide bonds. The maximum Gasteiger partial charge on any atom is 0.256 e. The monoisotopic (exact) mass is 321 g/mol. The van der Waals surface area contributed by atoms with Gasteiger partial charge in [-0.3, -0.25) is 4.79 Å². The van der Waals surface area contributed by atoms with Gasteiger partial charge in [0, 0.05) is 18.2 Å². The maximum absolute atomic E-state index is 12.8.